The molecular formula is C10H8NaO6. The number of carbonyl (C=O) groups excluding carboxylic acids is 2. The van der Waals surface area contributed by atoms with E-state index in [1.807, 2.05) is 0 Å². The number of esters is 2. The first-order valence-corrected chi connectivity index (χ1v) is 4.50. The molecule has 0 N–H and O–H groups in total. The van der Waals surface area contributed by atoms with Crippen LogP contribution in [0, 0.1) is 0 Å². The normalized spacial score (nSPS) is 16.0. The number of hydrogen-bond donors (Lipinski definition) is 0. The molecule has 0 fully saturated rings. The van der Waals surface area contributed by atoms with E-state index in [1.165, 1.54) is 6.07 Å². The summed E-state index contributed by atoms with van der Waals surface area (Å²) in [4.78, 5) is 31.2. The molecular weight excluding hydrogens is 239 g/mol. The fourth-order valence-corrected chi connectivity index (χ4v) is 1.10. The molecule has 17 heavy (non-hydrogen) atoms. The molecule has 1 aromatic carbocycles. The first kappa shape index (κ1) is 14.1. The van der Waals surface area contributed by atoms with Crippen LogP contribution in [-0.2, 0) is 19.4 Å². The molecule has 1 radical (unpaired) electrons. The van der Waals surface area contributed by atoms with Crippen LogP contribution in [0.25, 0.3) is 0 Å². The summed E-state index contributed by atoms with van der Waals surface area (Å²) in [6, 6.07) is 6.16. The topological polar surface area (TPSA) is 71.1 Å². The SMILES string of the molecule is O=C1COOCC(=O)Oc2cccc(c2)O1.[Na]. The molecule has 0 saturated heterocycles. The average molecular weight is 247 g/mol. The number of rotatable bonds is 0. The van der Waals surface area contributed by atoms with Crippen molar-refractivity contribution in [2.24, 2.45) is 0 Å². The van der Waals surface area contributed by atoms with Crippen LogP contribution in [0.15, 0.2) is 24.3 Å². The molecule has 85 valence electrons. The summed E-state index contributed by atoms with van der Waals surface area (Å²) in [5.41, 5.74) is 0. The fraction of sp³-hybridized carbons (Fsp3) is 0.200. The second-order valence-electron chi connectivity index (χ2n) is 2.95. The maximum Gasteiger partial charge on any atom is 0.340 e. The smallest absolute Gasteiger partial charge is 0.340 e. The van der Waals surface area contributed by atoms with Crippen molar-refractivity contribution in [2.45, 2.75) is 0 Å². The second-order valence-corrected chi connectivity index (χ2v) is 2.95. The van der Waals surface area contributed by atoms with Gasteiger partial charge < -0.3 is 9.47 Å². The summed E-state index contributed by atoms with van der Waals surface area (Å²) < 4.78 is 9.77. The van der Waals surface area contributed by atoms with E-state index >= 15 is 0 Å². The first-order valence-electron chi connectivity index (χ1n) is 4.50. The number of hydrogen-bond acceptors (Lipinski definition) is 6. The van der Waals surface area contributed by atoms with Crippen molar-refractivity contribution in [2.75, 3.05) is 13.2 Å². The molecule has 1 aliphatic rings. The van der Waals surface area contributed by atoms with Crippen molar-refractivity contribution < 1.29 is 28.8 Å². The van der Waals surface area contributed by atoms with E-state index in [9.17, 15) is 9.59 Å². The van der Waals surface area contributed by atoms with Crippen LogP contribution in [-0.4, -0.2) is 54.7 Å². The third-order valence-electron chi connectivity index (χ3n) is 1.71. The Bertz CT molecular complexity index is 384. The molecule has 2 bridgehead atoms. The van der Waals surface area contributed by atoms with Gasteiger partial charge in [0.2, 0.25) is 0 Å². The van der Waals surface area contributed by atoms with Gasteiger partial charge in [-0.1, -0.05) is 6.07 Å². The molecule has 0 aliphatic carbocycles. The van der Waals surface area contributed by atoms with Gasteiger partial charge in [-0.3, -0.25) is 0 Å². The largest absolute Gasteiger partial charge is 0.425 e. The summed E-state index contributed by atoms with van der Waals surface area (Å²) in [5, 5.41) is 0. The molecule has 0 amide bonds. The second kappa shape index (κ2) is 6.73. The van der Waals surface area contributed by atoms with Crippen LogP contribution < -0.4 is 9.47 Å². The van der Waals surface area contributed by atoms with Gasteiger partial charge in [0.1, 0.15) is 11.5 Å². The zero-order valence-electron chi connectivity index (χ0n) is 9.17. The molecule has 1 heterocycles. The first-order chi connectivity index (χ1) is 7.74. The van der Waals surface area contributed by atoms with Crippen LogP contribution >= 0.6 is 0 Å². The maximum atomic E-state index is 11.1. The van der Waals surface area contributed by atoms with E-state index < -0.39 is 25.2 Å². The Balaban J connectivity index is 0.00000144. The van der Waals surface area contributed by atoms with Gasteiger partial charge in [-0.25, -0.2) is 19.4 Å². The van der Waals surface area contributed by atoms with Crippen LogP contribution in [0.3, 0.4) is 0 Å². The van der Waals surface area contributed by atoms with E-state index in [1.54, 1.807) is 18.2 Å². The summed E-state index contributed by atoms with van der Waals surface area (Å²) >= 11 is 0. The minimum Gasteiger partial charge on any atom is -0.425 e. The third kappa shape index (κ3) is 4.45. The summed E-state index contributed by atoms with van der Waals surface area (Å²) in [6.45, 7) is -0.783. The molecule has 0 saturated carbocycles. The van der Waals surface area contributed by atoms with E-state index in [-0.39, 0.29) is 41.1 Å². The Morgan fingerprint density at radius 1 is 0.882 bits per heavy atom. The number of fused-ring (bicyclic) bond motifs is 2. The van der Waals surface area contributed by atoms with Crippen molar-refractivity contribution in [3.05, 3.63) is 24.3 Å². The van der Waals surface area contributed by atoms with E-state index in [0.29, 0.717) is 0 Å². The van der Waals surface area contributed by atoms with Gasteiger partial charge in [0.25, 0.3) is 0 Å². The van der Waals surface area contributed by atoms with Crippen molar-refractivity contribution in [3.8, 4) is 11.5 Å². The Labute approximate surface area is 119 Å². The van der Waals surface area contributed by atoms with Crippen molar-refractivity contribution in [1.82, 2.24) is 0 Å². The zero-order valence-corrected chi connectivity index (χ0v) is 11.2. The molecule has 1 aromatic rings. The summed E-state index contributed by atoms with van der Waals surface area (Å²) in [6.07, 6.45) is 0. The predicted molar refractivity (Wildman–Crippen MR) is 55.4 cm³/mol. The van der Waals surface area contributed by atoms with Crippen molar-refractivity contribution in [3.63, 3.8) is 0 Å². The number of benzene rings is 1. The molecule has 0 spiro atoms. The van der Waals surface area contributed by atoms with Crippen LogP contribution in [0.4, 0.5) is 0 Å². The predicted octanol–water partition coefficient (Wildman–Crippen LogP) is 0.0784. The quantitative estimate of drug-likeness (QED) is 0.280. The van der Waals surface area contributed by atoms with E-state index in [0.717, 1.165) is 0 Å². The minimum atomic E-state index is -0.619. The van der Waals surface area contributed by atoms with Crippen molar-refractivity contribution >= 4 is 41.5 Å². The monoisotopic (exact) mass is 247 g/mol. The number of carbonyl (C=O) groups is 2. The molecule has 0 aromatic heterocycles. The molecule has 7 heteroatoms. The third-order valence-corrected chi connectivity index (χ3v) is 1.71. The molecule has 0 atom stereocenters. The van der Waals surface area contributed by atoms with Crippen LogP contribution in [0.1, 0.15) is 0 Å². The van der Waals surface area contributed by atoms with Crippen LogP contribution in [0.2, 0.25) is 0 Å². The molecule has 2 rings (SSSR count). The Morgan fingerprint density at radius 3 is 1.82 bits per heavy atom. The van der Waals surface area contributed by atoms with Gasteiger partial charge >= 0.3 is 11.9 Å². The average Bonchev–Trinajstić information content (AvgIpc) is 2.25. The van der Waals surface area contributed by atoms with Crippen LogP contribution in [0.5, 0.6) is 11.5 Å². The van der Waals surface area contributed by atoms with Gasteiger partial charge in [0, 0.05) is 35.6 Å². The molecule has 6 nitrogen and oxygen atoms in total. The maximum absolute atomic E-state index is 11.1. The Kier molecular flexibility index (Phi) is 5.60. The zero-order chi connectivity index (χ0) is 11.4. The van der Waals surface area contributed by atoms with Gasteiger partial charge in [-0.2, -0.15) is 0 Å². The standard InChI is InChI=1S/C10H8O6.Na/c11-9-5-13-14-6-10(12)16-8-3-1-2-7(4-8)15-9;/h1-4H,5-6H2;. The van der Waals surface area contributed by atoms with Gasteiger partial charge in [-0.15, -0.1) is 0 Å². The Hall–Kier alpha value is -0.920. The summed E-state index contributed by atoms with van der Waals surface area (Å²) in [7, 11) is 0. The van der Waals surface area contributed by atoms with Gasteiger partial charge in [-0.05, 0) is 12.1 Å². The van der Waals surface area contributed by atoms with E-state index in [4.69, 9.17) is 9.47 Å². The molecule has 0 unspecified atom stereocenters. The number of ether oxygens (including phenoxy) is 2. The van der Waals surface area contributed by atoms with Crippen molar-refractivity contribution in [1.29, 1.82) is 0 Å². The summed E-state index contributed by atoms with van der Waals surface area (Å²) in [5.74, 6) is -0.681. The van der Waals surface area contributed by atoms with Gasteiger partial charge in [0.05, 0.1) is 0 Å². The minimum absolute atomic E-state index is 0. The fourth-order valence-electron chi connectivity index (χ4n) is 1.10. The van der Waals surface area contributed by atoms with E-state index in [2.05, 4.69) is 9.78 Å². The molecule has 1 aliphatic heterocycles. The van der Waals surface area contributed by atoms with Gasteiger partial charge in [0.15, 0.2) is 13.2 Å². The Morgan fingerprint density at radius 2 is 1.35 bits per heavy atom.